The zero-order chi connectivity index (χ0) is 20.9. The van der Waals surface area contributed by atoms with Crippen molar-refractivity contribution in [2.24, 2.45) is 0 Å². The monoisotopic (exact) mass is 408 g/mol. The van der Waals surface area contributed by atoms with Crippen LogP contribution in [0, 0.1) is 5.82 Å². The highest BCUT2D eigenvalue weighted by Crippen LogP contribution is 2.28. The molecule has 0 atom stereocenters. The molecule has 2 rings (SSSR count). The Morgan fingerprint density at radius 3 is 2.54 bits per heavy atom. The quantitative estimate of drug-likeness (QED) is 0.713. The average Bonchev–Trinajstić information content (AvgIpc) is 2.64. The second kappa shape index (κ2) is 9.26. The molecule has 28 heavy (non-hydrogen) atoms. The van der Waals surface area contributed by atoms with Gasteiger partial charge in [0.1, 0.15) is 12.4 Å². The molecule has 7 heteroatoms. The number of benzene rings is 2. The van der Waals surface area contributed by atoms with Gasteiger partial charge in [-0.1, -0.05) is 23.7 Å². The fourth-order valence-electron chi connectivity index (χ4n) is 2.32. The van der Waals surface area contributed by atoms with Crippen molar-refractivity contribution in [2.45, 2.75) is 25.9 Å². The molecule has 1 amide bonds. The van der Waals surface area contributed by atoms with Crippen LogP contribution in [-0.2, 0) is 6.54 Å². The summed E-state index contributed by atoms with van der Waals surface area (Å²) < 4.78 is 24.6. The number of halogens is 2. The van der Waals surface area contributed by atoms with E-state index in [0.29, 0.717) is 22.9 Å². The first-order valence-electron chi connectivity index (χ1n) is 8.85. The van der Waals surface area contributed by atoms with E-state index in [1.807, 2.05) is 32.8 Å². The van der Waals surface area contributed by atoms with E-state index in [-0.39, 0.29) is 29.3 Å². The number of methoxy groups -OCH3 is 1. The van der Waals surface area contributed by atoms with Crippen molar-refractivity contribution in [3.8, 4) is 11.5 Å². The van der Waals surface area contributed by atoms with E-state index < -0.39 is 5.82 Å². The molecule has 0 spiro atoms. The Morgan fingerprint density at radius 2 is 1.93 bits per heavy atom. The number of amides is 1. The molecule has 0 bridgehead atoms. The molecule has 152 valence electrons. The lowest BCUT2D eigenvalue weighted by atomic mass is 10.1. The van der Waals surface area contributed by atoms with Gasteiger partial charge in [0.15, 0.2) is 11.6 Å². The molecule has 0 aromatic heterocycles. The van der Waals surface area contributed by atoms with Crippen molar-refractivity contribution >= 4 is 17.5 Å². The van der Waals surface area contributed by atoms with Gasteiger partial charge in [0, 0.05) is 12.1 Å². The van der Waals surface area contributed by atoms with E-state index in [1.54, 1.807) is 24.3 Å². The van der Waals surface area contributed by atoms with Crippen molar-refractivity contribution in [1.29, 1.82) is 0 Å². The molecular weight excluding hydrogens is 383 g/mol. The topological polar surface area (TPSA) is 50.8 Å². The van der Waals surface area contributed by atoms with Gasteiger partial charge in [-0.25, -0.2) is 4.39 Å². The molecule has 2 aromatic carbocycles. The van der Waals surface area contributed by atoms with Crippen LogP contribution >= 0.6 is 11.6 Å². The van der Waals surface area contributed by atoms with Gasteiger partial charge in [0.25, 0.3) is 5.91 Å². The first kappa shape index (κ1) is 22.0. The van der Waals surface area contributed by atoms with Crippen molar-refractivity contribution in [2.75, 3.05) is 27.8 Å². The third-order valence-corrected chi connectivity index (χ3v) is 4.98. The highest BCUT2D eigenvalue weighted by Gasteiger charge is 2.23. The summed E-state index contributed by atoms with van der Waals surface area (Å²) in [6, 6.07) is 9.60. The van der Waals surface area contributed by atoms with Gasteiger partial charge in [-0.3, -0.25) is 4.79 Å². The minimum atomic E-state index is -0.484. The number of carbonyl (C=O) groups excluding carboxylic acids is 1. The fraction of sp³-hybridized carbons (Fsp3) is 0.381. The lowest BCUT2D eigenvalue weighted by Gasteiger charge is -2.32. The van der Waals surface area contributed by atoms with Gasteiger partial charge >= 0.3 is 0 Å². The normalized spacial score (nSPS) is 11.4. The second-order valence-corrected chi connectivity index (χ2v) is 7.67. The summed E-state index contributed by atoms with van der Waals surface area (Å²) in [4.78, 5) is 14.8. The number of likely N-dealkylation sites (N-methyl/N-ethyl adjacent to an activating group) is 1. The zero-order valence-corrected chi connectivity index (χ0v) is 17.6. The zero-order valence-electron chi connectivity index (χ0n) is 16.8. The molecule has 0 radical (unpaired) electrons. The minimum absolute atomic E-state index is 0.146. The Morgan fingerprint density at radius 1 is 1.21 bits per heavy atom. The van der Waals surface area contributed by atoms with Crippen LogP contribution in [0.4, 0.5) is 4.39 Å². The van der Waals surface area contributed by atoms with E-state index in [9.17, 15) is 9.18 Å². The van der Waals surface area contributed by atoms with Crippen molar-refractivity contribution in [3.05, 3.63) is 58.4 Å². The maximum Gasteiger partial charge on any atom is 0.256 e. The smallest absolute Gasteiger partial charge is 0.256 e. The summed E-state index contributed by atoms with van der Waals surface area (Å²) in [5.74, 6) is -0.317. The minimum Gasteiger partial charge on any atom is -0.494 e. The Hall–Kier alpha value is -2.31. The molecule has 1 N–H and O–H groups in total. The predicted octanol–water partition coefficient (Wildman–Crippen LogP) is 4.14. The lowest BCUT2D eigenvalue weighted by Crippen LogP contribution is -2.43. The molecule has 0 fully saturated rings. The van der Waals surface area contributed by atoms with Crippen LogP contribution in [-0.4, -0.2) is 44.2 Å². The van der Waals surface area contributed by atoms with Gasteiger partial charge in [-0.15, -0.1) is 0 Å². The summed E-state index contributed by atoms with van der Waals surface area (Å²) in [5, 5.41) is 3.05. The molecule has 0 aliphatic carbocycles. The van der Waals surface area contributed by atoms with E-state index >= 15 is 0 Å². The van der Waals surface area contributed by atoms with Crippen LogP contribution in [0.5, 0.6) is 11.5 Å². The molecule has 0 saturated heterocycles. The SMILES string of the molecule is COc1ccc(CNC(=O)c2c(Cl)cccc2OCC(C)(C)N(C)C)cc1F. The maximum absolute atomic E-state index is 13.8. The summed E-state index contributed by atoms with van der Waals surface area (Å²) in [6.07, 6.45) is 0. The summed E-state index contributed by atoms with van der Waals surface area (Å²) >= 11 is 6.26. The largest absolute Gasteiger partial charge is 0.494 e. The van der Waals surface area contributed by atoms with Gasteiger partial charge in [-0.2, -0.15) is 0 Å². The molecule has 2 aromatic rings. The number of ether oxygens (including phenoxy) is 2. The standard InChI is InChI=1S/C21H26ClFN2O3/c1-21(2,25(3)4)13-28-18-8-6-7-15(22)19(18)20(26)24-12-14-9-10-17(27-5)16(23)11-14/h6-11H,12-13H2,1-5H3,(H,24,26). The van der Waals surface area contributed by atoms with Crippen molar-refractivity contribution in [1.82, 2.24) is 10.2 Å². The van der Waals surface area contributed by atoms with Crippen molar-refractivity contribution in [3.63, 3.8) is 0 Å². The van der Waals surface area contributed by atoms with Crippen LogP contribution in [0.25, 0.3) is 0 Å². The number of hydrogen-bond donors (Lipinski definition) is 1. The van der Waals surface area contributed by atoms with E-state index in [1.165, 1.54) is 19.2 Å². The summed E-state index contributed by atoms with van der Waals surface area (Å²) in [7, 11) is 5.32. The number of nitrogens with zero attached hydrogens (tertiary/aromatic N) is 1. The number of rotatable bonds is 8. The van der Waals surface area contributed by atoms with E-state index in [0.717, 1.165) is 0 Å². The maximum atomic E-state index is 13.8. The number of nitrogens with one attached hydrogen (secondary N) is 1. The van der Waals surface area contributed by atoms with Crippen molar-refractivity contribution < 1.29 is 18.7 Å². The molecule has 0 aliphatic rings. The molecule has 0 heterocycles. The first-order chi connectivity index (χ1) is 13.2. The van der Waals surface area contributed by atoms with Crippen LogP contribution in [0.15, 0.2) is 36.4 Å². The van der Waals surface area contributed by atoms with Gasteiger partial charge in [-0.05, 0) is 57.8 Å². The van der Waals surface area contributed by atoms with Crippen LogP contribution < -0.4 is 14.8 Å². The molecule has 5 nitrogen and oxygen atoms in total. The Kier molecular flexibility index (Phi) is 7.27. The summed E-state index contributed by atoms with van der Waals surface area (Å²) in [6.45, 7) is 4.60. The third-order valence-electron chi connectivity index (χ3n) is 4.66. The Bertz CT molecular complexity index is 840. The first-order valence-corrected chi connectivity index (χ1v) is 9.23. The van der Waals surface area contributed by atoms with Crippen LogP contribution in [0.3, 0.4) is 0 Å². The molecular formula is C21H26ClFN2O3. The predicted molar refractivity (Wildman–Crippen MR) is 109 cm³/mol. The highest BCUT2D eigenvalue weighted by atomic mass is 35.5. The van der Waals surface area contributed by atoms with Gasteiger partial charge < -0.3 is 19.7 Å². The fourth-order valence-corrected chi connectivity index (χ4v) is 2.57. The molecule has 0 unspecified atom stereocenters. The van der Waals surface area contributed by atoms with Crippen LogP contribution in [0.2, 0.25) is 5.02 Å². The number of carbonyl (C=O) groups is 1. The van der Waals surface area contributed by atoms with Gasteiger partial charge in [0.05, 0.1) is 17.7 Å². The second-order valence-electron chi connectivity index (χ2n) is 7.26. The third kappa shape index (κ3) is 5.36. The van der Waals surface area contributed by atoms with Gasteiger partial charge in [0.2, 0.25) is 0 Å². The Labute approximate surface area is 170 Å². The molecule has 0 saturated carbocycles. The molecule has 0 aliphatic heterocycles. The average molecular weight is 409 g/mol. The van der Waals surface area contributed by atoms with Crippen LogP contribution in [0.1, 0.15) is 29.8 Å². The summed E-state index contributed by atoms with van der Waals surface area (Å²) in [5.41, 5.74) is 0.638. The highest BCUT2D eigenvalue weighted by molar-refractivity contribution is 6.34. The number of hydrogen-bond acceptors (Lipinski definition) is 4. The lowest BCUT2D eigenvalue weighted by molar-refractivity contribution is 0.0931. The Balaban J connectivity index is 2.13. The van der Waals surface area contributed by atoms with E-state index in [4.69, 9.17) is 21.1 Å². The van der Waals surface area contributed by atoms with E-state index in [2.05, 4.69) is 5.32 Å².